The zero-order valence-corrected chi connectivity index (χ0v) is 25.7. The molecule has 0 radical (unpaired) electrons. The average Bonchev–Trinajstić information content (AvgIpc) is 3.51. The van der Waals surface area contributed by atoms with Gasteiger partial charge in [0.25, 0.3) is 5.91 Å². The fraction of sp³-hybridized carbons (Fsp3) is 0.424. The van der Waals surface area contributed by atoms with Gasteiger partial charge in [0.2, 0.25) is 5.82 Å². The topological polar surface area (TPSA) is 107 Å². The number of rotatable bonds is 9. The number of aryl methyl sites for hydroxylation is 1. The minimum atomic E-state index is -3.30. The third-order valence-corrected chi connectivity index (χ3v) is 9.52. The van der Waals surface area contributed by atoms with Crippen LogP contribution in [0.3, 0.4) is 0 Å². The van der Waals surface area contributed by atoms with E-state index in [0.29, 0.717) is 54.3 Å². The van der Waals surface area contributed by atoms with E-state index in [4.69, 9.17) is 0 Å². The summed E-state index contributed by atoms with van der Waals surface area (Å²) in [5.41, 5.74) is 2.43. The molecule has 14 heteroatoms. The zero-order valence-electron chi connectivity index (χ0n) is 25.7. The number of aromatic nitrogens is 3. The molecule has 3 atom stereocenters. The van der Waals surface area contributed by atoms with Crippen LogP contribution in [-0.4, -0.2) is 86.3 Å². The van der Waals surface area contributed by atoms with Crippen LogP contribution in [0.25, 0.3) is 16.9 Å². The predicted octanol–water partition coefficient (Wildman–Crippen LogP) is 4.80. The summed E-state index contributed by atoms with van der Waals surface area (Å²) in [5, 5.41) is 17.7. The molecule has 4 saturated heterocycles. The van der Waals surface area contributed by atoms with E-state index in [2.05, 4.69) is 30.2 Å². The maximum absolute atomic E-state index is 14.9. The molecule has 4 fully saturated rings. The van der Waals surface area contributed by atoms with Gasteiger partial charge in [0, 0.05) is 73.4 Å². The number of carbonyl (C=O) groups is 1. The van der Waals surface area contributed by atoms with Crippen molar-refractivity contribution in [3.8, 4) is 17.0 Å². The highest BCUT2D eigenvalue weighted by Gasteiger charge is 2.41. The molecule has 1 amide bonds. The van der Waals surface area contributed by atoms with E-state index in [1.54, 1.807) is 12.1 Å². The SMILES string of the molecule is CCc1cc(Nc2nccn3c(-c4ccc(OC(F)F)c(F)c4F)cnc23)ccc1C(=O)N1CCC(C(O)N2C[C@H]3C[C@@H](C2)N3)CC1. The number of hydrogen-bond acceptors (Lipinski definition) is 8. The van der Waals surface area contributed by atoms with Gasteiger partial charge in [-0.2, -0.15) is 13.2 Å². The largest absolute Gasteiger partial charge is 0.432 e. The number of imidazole rings is 1. The van der Waals surface area contributed by atoms with Gasteiger partial charge in [0.15, 0.2) is 23.0 Å². The lowest BCUT2D eigenvalue weighted by Gasteiger charge is -2.51. The Balaban J connectivity index is 1.05. The van der Waals surface area contributed by atoms with Crippen molar-refractivity contribution in [1.29, 1.82) is 0 Å². The van der Waals surface area contributed by atoms with Crippen molar-refractivity contribution in [3.05, 3.63) is 71.7 Å². The third kappa shape index (κ3) is 6.01. The van der Waals surface area contributed by atoms with Crippen LogP contribution in [-0.2, 0) is 6.42 Å². The lowest BCUT2D eigenvalue weighted by molar-refractivity contribution is -0.0928. The van der Waals surface area contributed by atoms with Gasteiger partial charge in [-0.05, 0) is 61.6 Å². The van der Waals surface area contributed by atoms with Crippen molar-refractivity contribution in [2.24, 2.45) is 5.92 Å². The second-order valence-electron chi connectivity index (χ2n) is 12.4. The van der Waals surface area contributed by atoms with E-state index in [1.807, 2.05) is 17.9 Å². The molecule has 8 rings (SSSR count). The average molecular weight is 654 g/mol. The van der Waals surface area contributed by atoms with E-state index in [0.717, 1.165) is 43.6 Å². The Labute approximate surface area is 268 Å². The normalized spacial score (nSPS) is 20.8. The molecule has 2 bridgehead atoms. The quantitative estimate of drug-likeness (QED) is 0.222. The van der Waals surface area contributed by atoms with E-state index in [1.165, 1.54) is 29.4 Å². The summed E-state index contributed by atoms with van der Waals surface area (Å²) in [5.74, 6) is -3.33. The molecule has 6 heterocycles. The van der Waals surface area contributed by atoms with Gasteiger partial charge in [-0.3, -0.25) is 14.1 Å². The Bertz CT molecular complexity index is 1780. The Hall–Kier alpha value is -4.27. The molecule has 1 unspecified atom stereocenters. The molecule has 0 aliphatic carbocycles. The third-order valence-electron chi connectivity index (χ3n) is 9.52. The van der Waals surface area contributed by atoms with Crippen LogP contribution in [0, 0.1) is 17.6 Å². The second kappa shape index (κ2) is 12.7. The fourth-order valence-electron chi connectivity index (χ4n) is 7.07. The molecule has 2 aromatic heterocycles. The van der Waals surface area contributed by atoms with Gasteiger partial charge in [-0.15, -0.1) is 0 Å². The highest BCUT2D eigenvalue weighted by molar-refractivity contribution is 5.96. The molecule has 0 saturated carbocycles. The van der Waals surface area contributed by atoms with Crippen molar-refractivity contribution in [3.63, 3.8) is 0 Å². The summed E-state index contributed by atoms with van der Waals surface area (Å²) in [6, 6.07) is 8.50. The number of nitrogens with zero attached hydrogens (tertiary/aromatic N) is 5. The number of anilines is 2. The van der Waals surface area contributed by atoms with Crippen molar-refractivity contribution < 1.29 is 32.2 Å². The summed E-state index contributed by atoms with van der Waals surface area (Å²) in [7, 11) is 0. The first kappa shape index (κ1) is 31.3. The van der Waals surface area contributed by atoms with Crippen molar-refractivity contribution in [2.75, 3.05) is 31.5 Å². The molecule has 0 spiro atoms. The number of amides is 1. The molecule has 4 aromatic rings. The monoisotopic (exact) mass is 653 g/mol. The molecule has 4 aliphatic rings. The number of hydrogen-bond donors (Lipinski definition) is 3. The predicted molar refractivity (Wildman–Crippen MR) is 166 cm³/mol. The zero-order chi connectivity index (χ0) is 32.8. The first-order valence-electron chi connectivity index (χ1n) is 15.8. The van der Waals surface area contributed by atoms with Gasteiger partial charge < -0.3 is 25.4 Å². The Kier molecular flexibility index (Phi) is 8.49. The number of alkyl halides is 2. The molecule has 47 heavy (non-hydrogen) atoms. The van der Waals surface area contributed by atoms with Gasteiger partial charge in [-0.25, -0.2) is 14.4 Å². The summed E-state index contributed by atoms with van der Waals surface area (Å²) >= 11 is 0. The van der Waals surface area contributed by atoms with Crippen LogP contribution in [0.2, 0.25) is 0 Å². The Morgan fingerprint density at radius 1 is 1.11 bits per heavy atom. The molecular formula is C33H35F4N7O3. The second-order valence-corrected chi connectivity index (χ2v) is 12.4. The number of nitrogens with one attached hydrogen (secondary N) is 2. The number of aliphatic hydroxyl groups is 1. The van der Waals surface area contributed by atoms with Crippen LogP contribution in [0.15, 0.2) is 48.9 Å². The molecule has 3 N–H and O–H groups in total. The Morgan fingerprint density at radius 2 is 1.85 bits per heavy atom. The number of aliphatic hydroxyl groups excluding tert-OH is 1. The summed E-state index contributed by atoms with van der Waals surface area (Å²) in [4.78, 5) is 26.4. The number of halogens is 4. The minimum Gasteiger partial charge on any atom is -0.432 e. The first-order chi connectivity index (χ1) is 22.7. The van der Waals surface area contributed by atoms with Crippen LogP contribution < -0.4 is 15.4 Å². The smallest absolute Gasteiger partial charge is 0.387 e. The maximum atomic E-state index is 14.9. The first-order valence-corrected chi connectivity index (χ1v) is 15.8. The molecule has 248 valence electrons. The van der Waals surface area contributed by atoms with Gasteiger partial charge in [0.1, 0.15) is 6.23 Å². The van der Waals surface area contributed by atoms with E-state index >= 15 is 0 Å². The van der Waals surface area contributed by atoms with E-state index in [-0.39, 0.29) is 23.1 Å². The number of fused-ring (bicyclic) bond motifs is 3. The molecule has 10 nitrogen and oxygen atoms in total. The van der Waals surface area contributed by atoms with Crippen molar-refractivity contribution in [1.82, 2.24) is 29.5 Å². The summed E-state index contributed by atoms with van der Waals surface area (Å²) < 4.78 is 60.1. The number of likely N-dealkylation sites (tertiary alicyclic amines) is 1. The van der Waals surface area contributed by atoms with Crippen LogP contribution in [0.5, 0.6) is 5.75 Å². The lowest BCUT2D eigenvalue weighted by atomic mass is 9.88. The number of benzene rings is 2. The van der Waals surface area contributed by atoms with Crippen molar-refractivity contribution in [2.45, 2.75) is 57.5 Å². The highest BCUT2D eigenvalue weighted by atomic mass is 19.3. The van der Waals surface area contributed by atoms with Crippen LogP contribution >= 0.6 is 0 Å². The number of ether oxygens (including phenoxy) is 1. The standard InChI is InChI=1S/C33H35F4N7O3/c1-2-18-13-20(3-4-23(18)32(46)42-10-7-19(8-11-42)31(45)43-16-21-14-22(17-43)40-21)41-29-30-39-15-25(44(30)12-9-38-29)24-5-6-26(47-33(36)37)28(35)27(24)34/h3-6,9,12-13,15,19,21-22,31,33,40,45H,2,7-8,10-11,14,16-17H2,1H3,(H,38,41)/t21-,22+,31?. The molecule has 4 aliphatic heterocycles. The fourth-order valence-corrected chi connectivity index (χ4v) is 7.07. The van der Waals surface area contributed by atoms with E-state index < -0.39 is 30.2 Å². The number of piperidine rings is 2. The maximum Gasteiger partial charge on any atom is 0.387 e. The van der Waals surface area contributed by atoms with Gasteiger partial charge in [0.05, 0.1) is 11.9 Å². The van der Waals surface area contributed by atoms with Crippen LogP contribution in [0.4, 0.5) is 29.1 Å². The summed E-state index contributed by atoms with van der Waals surface area (Å²) in [6.45, 7) is 1.59. The number of piperazine rings is 1. The van der Waals surface area contributed by atoms with E-state index in [9.17, 15) is 27.5 Å². The lowest BCUT2D eigenvalue weighted by Crippen LogP contribution is -2.69. The number of carbonyl (C=O) groups excluding carboxylic acids is 1. The van der Waals surface area contributed by atoms with Gasteiger partial charge >= 0.3 is 6.61 Å². The summed E-state index contributed by atoms with van der Waals surface area (Å²) in [6.07, 6.45) is 7.14. The van der Waals surface area contributed by atoms with Gasteiger partial charge in [-0.1, -0.05) is 6.92 Å². The van der Waals surface area contributed by atoms with Crippen LogP contribution in [0.1, 0.15) is 42.1 Å². The highest BCUT2D eigenvalue weighted by Crippen LogP contribution is 2.33. The Morgan fingerprint density at radius 3 is 2.55 bits per heavy atom. The molecule has 2 aromatic carbocycles. The van der Waals surface area contributed by atoms with Crippen molar-refractivity contribution >= 4 is 23.1 Å². The minimum absolute atomic E-state index is 0.0397. The molecular weight excluding hydrogens is 618 g/mol.